The van der Waals surface area contributed by atoms with Gasteiger partial charge in [-0.25, -0.2) is 4.98 Å². The van der Waals surface area contributed by atoms with E-state index in [1.807, 2.05) is 29.2 Å². The van der Waals surface area contributed by atoms with Crippen LogP contribution >= 0.6 is 11.8 Å². The fourth-order valence-corrected chi connectivity index (χ4v) is 4.98. The minimum Gasteiger partial charge on any atom is -0.416 e. The van der Waals surface area contributed by atoms with E-state index < -0.39 is 0 Å². The smallest absolute Gasteiger partial charge is 0.277 e. The van der Waals surface area contributed by atoms with Crippen molar-refractivity contribution in [1.82, 2.24) is 25.1 Å². The maximum absolute atomic E-state index is 12.6. The zero-order valence-corrected chi connectivity index (χ0v) is 19.3. The number of likely N-dealkylation sites (tertiary alicyclic amines) is 1. The van der Waals surface area contributed by atoms with E-state index in [0.717, 1.165) is 49.2 Å². The Balaban J connectivity index is 1.05. The fraction of sp³-hybridized carbons (Fsp3) is 0.360. The molecule has 7 nitrogen and oxygen atoms in total. The molecule has 1 saturated heterocycles. The molecular weight excluding hydrogens is 434 g/mol. The summed E-state index contributed by atoms with van der Waals surface area (Å²) in [6.07, 6.45) is 4.50. The van der Waals surface area contributed by atoms with Crippen molar-refractivity contribution in [1.29, 1.82) is 0 Å². The number of aromatic amines is 1. The van der Waals surface area contributed by atoms with Crippen LogP contribution in [-0.2, 0) is 24.1 Å². The van der Waals surface area contributed by atoms with Crippen LogP contribution in [0.5, 0.6) is 0 Å². The minimum absolute atomic E-state index is 0.139. The van der Waals surface area contributed by atoms with Gasteiger partial charge in [0.1, 0.15) is 5.82 Å². The van der Waals surface area contributed by atoms with Crippen molar-refractivity contribution in [2.45, 2.75) is 37.3 Å². The summed E-state index contributed by atoms with van der Waals surface area (Å²) in [5.74, 6) is 2.57. The summed E-state index contributed by atoms with van der Waals surface area (Å²) in [6, 6.07) is 18.6. The molecule has 2 aromatic carbocycles. The Hall–Kier alpha value is -3.13. The number of piperidine rings is 1. The van der Waals surface area contributed by atoms with Gasteiger partial charge in [0.15, 0.2) is 0 Å². The van der Waals surface area contributed by atoms with E-state index in [0.29, 0.717) is 35.6 Å². The zero-order valence-electron chi connectivity index (χ0n) is 18.4. The molecule has 0 saturated carbocycles. The summed E-state index contributed by atoms with van der Waals surface area (Å²) >= 11 is 1.32. The highest BCUT2D eigenvalue weighted by molar-refractivity contribution is 7.99. The third kappa shape index (κ3) is 5.63. The van der Waals surface area contributed by atoms with Crippen molar-refractivity contribution in [3.8, 4) is 0 Å². The first-order valence-electron chi connectivity index (χ1n) is 11.4. The molecule has 0 unspecified atom stereocenters. The second kappa shape index (κ2) is 10.2. The maximum Gasteiger partial charge on any atom is 0.277 e. The Bertz CT molecular complexity index is 1160. The van der Waals surface area contributed by atoms with E-state index in [1.54, 1.807) is 0 Å². The highest BCUT2D eigenvalue weighted by Gasteiger charge is 2.23. The Kier molecular flexibility index (Phi) is 6.71. The number of imidazole rings is 1. The van der Waals surface area contributed by atoms with Crippen molar-refractivity contribution in [3.63, 3.8) is 0 Å². The van der Waals surface area contributed by atoms with Gasteiger partial charge in [-0.1, -0.05) is 54.2 Å². The van der Waals surface area contributed by atoms with Gasteiger partial charge >= 0.3 is 0 Å². The van der Waals surface area contributed by atoms with Crippen LogP contribution in [0.2, 0.25) is 0 Å². The van der Waals surface area contributed by atoms with Crippen molar-refractivity contribution >= 4 is 28.7 Å². The number of nitrogens with zero attached hydrogens (tertiary/aromatic N) is 4. The highest BCUT2D eigenvalue weighted by atomic mass is 32.2. The van der Waals surface area contributed by atoms with E-state index in [4.69, 9.17) is 4.42 Å². The number of carbonyl (C=O) groups is 1. The number of amides is 1. The number of hydrogen-bond donors (Lipinski definition) is 1. The first kappa shape index (κ1) is 21.7. The van der Waals surface area contributed by atoms with Crippen LogP contribution in [0.15, 0.2) is 64.2 Å². The van der Waals surface area contributed by atoms with Crippen molar-refractivity contribution < 1.29 is 9.21 Å². The molecule has 5 rings (SSSR count). The molecule has 0 aliphatic carbocycles. The molecule has 3 heterocycles. The first-order valence-corrected chi connectivity index (χ1v) is 12.4. The summed E-state index contributed by atoms with van der Waals surface area (Å²) in [5.41, 5.74) is 3.36. The van der Waals surface area contributed by atoms with Crippen LogP contribution in [0.25, 0.3) is 11.0 Å². The van der Waals surface area contributed by atoms with Crippen molar-refractivity contribution in [3.05, 3.63) is 71.9 Å². The molecular formula is C25H27N5O2S. The highest BCUT2D eigenvalue weighted by Crippen LogP contribution is 2.23. The van der Waals surface area contributed by atoms with E-state index in [-0.39, 0.29) is 5.91 Å². The number of aromatic nitrogens is 4. The van der Waals surface area contributed by atoms with E-state index in [9.17, 15) is 4.79 Å². The molecule has 0 spiro atoms. The molecule has 2 aromatic heterocycles. The van der Waals surface area contributed by atoms with Crippen LogP contribution in [0.4, 0.5) is 0 Å². The Morgan fingerprint density at radius 1 is 1.03 bits per heavy atom. The van der Waals surface area contributed by atoms with E-state index in [1.165, 1.54) is 17.3 Å². The van der Waals surface area contributed by atoms with Crippen LogP contribution in [0.1, 0.15) is 30.1 Å². The Labute approximate surface area is 197 Å². The monoisotopic (exact) mass is 461 g/mol. The standard InChI is InChI=1S/C25H27N5O2S/c31-24(30-14-12-19(13-15-30)16-18-6-2-1-3-7-18)17-33-25-29-28-23(32-25)11-10-22-26-20-8-4-5-9-21(20)27-22/h1-9,19H,10-17H2,(H,26,27). The van der Waals surface area contributed by atoms with Crippen LogP contribution in [0.3, 0.4) is 0 Å². The number of para-hydroxylation sites is 2. The van der Waals surface area contributed by atoms with Gasteiger partial charge in [-0.15, -0.1) is 10.2 Å². The molecule has 1 aliphatic heterocycles. The van der Waals surface area contributed by atoms with E-state index >= 15 is 0 Å². The van der Waals surface area contributed by atoms with Crippen LogP contribution < -0.4 is 0 Å². The normalized spacial score (nSPS) is 14.7. The lowest BCUT2D eigenvalue weighted by molar-refractivity contribution is -0.129. The lowest BCUT2D eigenvalue weighted by atomic mass is 9.90. The number of thioether (sulfide) groups is 1. The van der Waals surface area contributed by atoms with Crippen molar-refractivity contribution in [2.24, 2.45) is 5.92 Å². The van der Waals surface area contributed by atoms with Gasteiger partial charge in [0, 0.05) is 25.9 Å². The lowest BCUT2D eigenvalue weighted by Gasteiger charge is -2.32. The third-order valence-electron chi connectivity index (χ3n) is 6.12. The maximum atomic E-state index is 12.6. The lowest BCUT2D eigenvalue weighted by Crippen LogP contribution is -2.39. The predicted molar refractivity (Wildman–Crippen MR) is 128 cm³/mol. The second-order valence-corrected chi connectivity index (χ2v) is 9.39. The second-order valence-electron chi connectivity index (χ2n) is 8.46. The molecule has 0 atom stereocenters. The molecule has 33 heavy (non-hydrogen) atoms. The topological polar surface area (TPSA) is 87.9 Å². The van der Waals surface area contributed by atoms with Gasteiger partial charge < -0.3 is 14.3 Å². The quantitative estimate of drug-likeness (QED) is 0.394. The first-order chi connectivity index (χ1) is 16.2. The summed E-state index contributed by atoms with van der Waals surface area (Å²) in [4.78, 5) is 22.5. The van der Waals surface area contributed by atoms with Gasteiger partial charge in [-0.2, -0.15) is 0 Å². The number of carbonyl (C=O) groups excluding carboxylic acids is 1. The molecule has 8 heteroatoms. The largest absolute Gasteiger partial charge is 0.416 e. The summed E-state index contributed by atoms with van der Waals surface area (Å²) < 4.78 is 5.73. The zero-order chi connectivity index (χ0) is 22.5. The van der Waals surface area contributed by atoms with E-state index in [2.05, 4.69) is 50.5 Å². The van der Waals surface area contributed by atoms with Gasteiger partial charge in [0.2, 0.25) is 11.8 Å². The summed E-state index contributed by atoms with van der Waals surface area (Å²) in [5, 5.41) is 8.66. The molecule has 0 radical (unpaired) electrons. The van der Waals surface area contributed by atoms with Gasteiger partial charge in [0.25, 0.3) is 5.22 Å². The fourth-order valence-electron chi connectivity index (χ4n) is 4.30. The molecule has 1 aliphatic rings. The minimum atomic E-state index is 0.139. The summed E-state index contributed by atoms with van der Waals surface area (Å²) in [7, 11) is 0. The molecule has 0 bridgehead atoms. The average Bonchev–Trinajstić information content (AvgIpc) is 3.49. The van der Waals surface area contributed by atoms with Crippen LogP contribution in [-0.4, -0.2) is 49.8 Å². The molecule has 1 amide bonds. The van der Waals surface area contributed by atoms with Gasteiger partial charge in [0.05, 0.1) is 16.8 Å². The number of benzene rings is 2. The molecule has 1 N–H and O–H groups in total. The van der Waals surface area contributed by atoms with Gasteiger partial charge in [-0.05, 0) is 42.9 Å². The number of fused-ring (bicyclic) bond motifs is 1. The molecule has 170 valence electrons. The average molecular weight is 462 g/mol. The molecule has 1 fully saturated rings. The number of H-pyrrole nitrogens is 1. The van der Waals surface area contributed by atoms with Gasteiger partial charge in [-0.3, -0.25) is 4.79 Å². The Morgan fingerprint density at radius 3 is 2.64 bits per heavy atom. The number of rotatable bonds is 8. The van der Waals surface area contributed by atoms with Crippen molar-refractivity contribution in [2.75, 3.05) is 18.8 Å². The Morgan fingerprint density at radius 2 is 1.82 bits per heavy atom. The third-order valence-corrected chi connectivity index (χ3v) is 6.92. The predicted octanol–water partition coefficient (Wildman–Crippen LogP) is 4.30. The number of hydrogen-bond acceptors (Lipinski definition) is 6. The summed E-state index contributed by atoms with van der Waals surface area (Å²) in [6.45, 7) is 1.65. The SMILES string of the molecule is O=C(CSc1nnc(CCc2nc3ccccc3[nH]2)o1)N1CCC(Cc2ccccc2)CC1. The van der Waals surface area contributed by atoms with Crippen LogP contribution in [0, 0.1) is 5.92 Å². The number of nitrogens with one attached hydrogen (secondary N) is 1. The molecule has 4 aromatic rings. The number of aryl methyl sites for hydroxylation is 2.